The van der Waals surface area contributed by atoms with Gasteiger partial charge in [-0.25, -0.2) is 0 Å². The Morgan fingerprint density at radius 3 is 1.75 bits per heavy atom. The molecule has 2 atom stereocenters. The van der Waals surface area contributed by atoms with Crippen LogP contribution in [0.2, 0.25) is 0 Å². The molecular formula is C11H23N. The summed E-state index contributed by atoms with van der Waals surface area (Å²) in [4.78, 5) is 2.72. The second-order valence-corrected chi connectivity index (χ2v) is 4.24. The van der Waals surface area contributed by atoms with Crippen molar-refractivity contribution in [2.45, 2.75) is 71.5 Å². The van der Waals surface area contributed by atoms with Crippen LogP contribution in [0.5, 0.6) is 0 Å². The minimum absolute atomic E-state index is 0.738. The Kier molecular flexibility index (Phi) is 3.57. The van der Waals surface area contributed by atoms with Crippen molar-refractivity contribution in [3.8, 4) is 0 Å². The van der Waals surface area contributed by atoms with E-state index < -0.39 is 0 Å². The van der Waals surface area contributed by atoms with Gasteiger partial charge < -0.3 is 0 Å². The van der Waals surface area contributed by atoms with Crippen LogP contribution in [-0.2, 0) is 0 Å². The molecule has 0 bridgehead atoms. The van der Waals surface area contributed by atoms with E-state index in [1.54, 1.807) is 0 Å². The van der Waals surface area contributed by atoms with Crippen molar-refractivity contribution in [2.24, 2.45) is 0 Å². The molecule has 1 aliphatic rings. The monoisotopic (exact) mass is 169 g/mol. The van der Waals surface area contributed by atoms with Crippen LogP contribution in [0, 0.1) is 0 Å². The second-order valence-electron chi connectivity index (χ2n) is 4.24. The third-order valence-corrected chi connectivity index (χ3v) is 3.22. The van der Waals surface area contributed by atoms with Crippen molar-refractivity contribution in [3.63, 3.8) is 0 Å². The average Bonchev–Trinajstić information content (AvgIpc) is 2.46. The molecular weight excluding hydrogens is 146 g/mol. The Hall–Kier alpha value is -0.0400. The van der Waals surface area contributed by atoms with Crippen molar-refractivity contribution in [3.05, 3.63) is 0 Å². The molecule has 0 N–H and O–H groups in total. The molecule has 72 valence electrons. The first kappa shape index (κ1) is 10.0. The first-order valence-corrected chi connectivity index (χ1v) is 5.48. The van der Waals surface area contributed by atoms with Gasteiger partial charge in [-0.15, -0.1) is 0 Å². The summed E-state index contributed by atoms with van der Waals surface area (Å²) in [7, 11) is 0. The van der Waals surface area contributed by atoms with Crippen molar-refractivity contribution >= 4 is 0 Å². The lowest BCUT2D eigenvalue weighted by atomic mass is 10.1. The summed E-state index contributed by atoms with van der Waals surface area (Å²) < 4.78 is 0. The highest BCUT2D eigenvalue weighted by Crippen LogP contribution is 2.29. The molecule has 1 nitrogen and oxygen atoms in total. The van der Waals surface area contributed by atoms with Crippen molar-refractivity contribution < 1.29 is 0 Å². The summed E-state index contributed by atoms with van der Waals surface area (Å²) in [6.07, 6.45) is 5.50. The highest BCUT2D eigenvalue weighted by molar-refractivity contribution is 4.87. The Balaban J connectivity index is 2.59. The van der Waals surface area contributed by atoms with Crippen LogP contribution in [0.25, 0.3) is 0 Å². The lowest BCUT2D eigenvalue weighted by molar-refractivity contribution is 0.142. The minimum Gasteiger partial charge on any atom is -0.295 e. The van der Waals surface area contributed by atoms with Gasteiger partial charge in [0.1, 0.15) is 0 Å². The Morgan fingerprint density at radius 2 is 1.50 bits per heavy atom. The molecule has 0 aromatic carbocycles. The van der Waals surface area contributed by atoms with E-state index in [0.717, 1.165) is 18.1 Å². The van der Waals surface area contributed by atoms with Gasteiger partial charge >= 0.3 is 0 Å². The van der Waals surface area contributed by atoms with Gasteiger partial charge in [-0.3, -0.25) is 4.90 Å². The maximum atomic E-state index is 2.72. The molecule has 0 aromatic rings. The van der Waals surface area contributed by atoms with Crippen molar-refractivity contribution in [1.29, 1.82) is 0 Å². The third kappa shape index (κ3) is 1.82. The standard InChI is InChI=1S/C11H23N/c1-5-10-7-8-11(6-2)12(10)9(3)4/h9-11H,5-8H2,1-4H3/t10-,11-/m1/s1. The highest BCUT2D eigenvalue weighted by atomic mass is 15.2. The number of rotatable bonds is 3. The first-order valence-electron chi connectivity index (χ1n) is 5.48. The van der Waals surface area contributed by atoms with Crippen LogP contribution in [0.15, 0.2) is 0 Å². The smallest absolute Gasteiger partial charge is 0.00988 e. The van der Waals surface area contributed by atoms with Crippen molar-refractivity contribution in [2.75, 3.05) is 0 Å². The zero-order valence-electron chi connectivity index (χ0n) is 9.01. The van der Waals surface area contributed by atoms with E-state index >= 15 is 0 Å². The van der Waals surface area contributed by atoms with E-state index in [-0.39, 0.29) is 0 Å². The van der Waals surface area contributed by atoms with Gasteiger partial charge in [0, 0.05) is 18.1 Å². The van der Waals surface area contributed by atoms with Crippen LogP contribution in [0.1, 0.15) is 53.4 Å². The summed E-state index contributed by atoms with van der Waals surface area (Å²) in [6, 6.07) is 2.48. The molecule has 0 aliphatic carbocycles. The molecule has 0 amide bonds. The largest absolute Gasteiger partial charge is 0.295 e. The first-order chi connectivity index (χ1) is 5.70. The van der Waals surface area contributed by atoms with Crippen LogP contribution >= 0.6 is 0 Å². The quantitative estimate of drug-likeness (QED) is 0.627. The SMILES string of the molecule is CC[C@@H]1CC[C@@H](CC)N1C(C)C. The molecule has 0 radical (unpaired) electrons. The fourth-order valence-electron chi connectivity index (χ4n) is 2.65. The molecule has 1 saturated heterocycles. The predicted octanol–water partition coefficient (Wildman–Crippen LogP) is 3.05. The Labute approximate surface area is 77.1 Å². The van der Waals surface area contributed by atoms with E-state index in [2.05, 4.69) is 32.6 Å². The van der Waals surface area contributed by atoms with Crippen LogP contribution in [-0.4, -0.2) is 23.0 Å². The van der Waals surface area contributed by atoms with E-state index in [9.17, 15) is 0 Å². The molecule has 0 aromatic heterocycles. The Bertz CT molecular complexity index is 119. The van der Waals surface area contributed by atoms with E-state index in [0.29, 0.717) is 0 Å². The molecule has 1 heteroatoms. The fourth-order valence-corrected chi connectivity index (χ4v) is 2.65. The summed E-state index contributed by atoms with van der Waals surface area (Å²) in [5.74, 6) is 0. The molecule has 0 spiro atoms. The molecule has 12 heavy (non-hydrogen) atoms. The average molecular weight is 169 g/mol. The summed E-state index contributed by atoms with van der Waals surface area (Å²) >= 11 is 0. The number of hydrogen-bond acceptors (Lipinski definition) is 1. The zero-order valence-corrected chi connectivity index (χ0v) is 9.01. The van der Waals surface area contributed by atoms with Gasteiger partial charge in [-0.1, -0.05) is 13.8 Å². The summed E-state index contributed by atoms with van der Waals surface area (Å²) in [5, 5.41) is 0. The molecule has 0 unspecified atom stereocenters. The second kappa shape index (κ2) is 4.27. The summed E-state index contributed by atoms with van der Waals surface area (Å²) in [6.45, 7) is 9.30. The Morgan fingerprint density at radius 1 is 1.08 bits per heavy atom. The van der Waals surface area contributed by atoms with Gasteiger partial charge in [0.05, 0.1) is 0 Å². The zero-order chi connectivity index (χ0) is 9.14. The predicted molar refractivity (Wildman–Crippen MR) is 54.4 cm³/mol. The van der Waals surface area contributed by atoms with E-state index in [1.165, 1.54) is 25.7 Å². The molecule has 1 fully saturated rings. The lowest BCUT2D eigenvalue weighted by Crippen LogP contribution is -2.40. The highest BCUT2D eigenvalue weighted by Gasteiger charge is 2.32. The van der Waals surface area contributed by atoms with Crippen LogP contribution < -0.4 is 0 Å². The topological polar surface area (TPSA) is 3.24 Å². The summed E-state index contributed by atoms with van der Waals surface area (Å²) in [5.41, 5.74) is 0. The van der Waals surface area contributed by atoms with Gasteiger partial charge in [-0.05, 0) is 39.5 Å². The molecule has 1 aliphatic heterocycles. The van der Waals surface area contributed by atoms with Gasteiger partial charge in [-0.2, -0.15) is 0 Å². The lowest BCUT2D eigenvalue weighted by Gasteiger charge is -2.32. The maximum Gasteiger partial charge on any atom is 0.00988 e. The molecule has 0 saturated carbocycles. The van der Waals surface area contributed by atoms with Gasteiger partial charge in [0.2, 0.25) is 0 Å². The maximum absolute atomic E-state index is 2.72. The number of hydrogen-bond donors (Lipinski definition) is 0. The van der Waals surface area contributed by atoms with E-state index in [4.69, 9.17) is 0 Å². The van der Waals surface area contributed by atoms with Gasteiger partial charge in [0.15, 0.2) is 0 Å². The molecule has 1 rings (SSSR count). The van der Waals surface area contributed by atoms with Crippen LogP contribution in [0.4, 0.5) is 0 Å². The normalized spacial score (nSPS) is 31.8. The minimum atomic E-state index is 0.738. The number of likely N-dealkylation sites (tertiary alicyclic amines) is 1. The fraction of sp³-hybridized carbons (Fsp3) is 1.00. The van der Waals surface area contributed by atoms with Gasteiger partial charge in [0.25, 0.3) is 0 Å². The van der Waals surface area contributed by atoms with E-state index in [1.807, 2.05) is 0 Å². The number of nitrogens with zero attached hydrogens (tertiary/aromatic N) is 1. The van der Waals surface area contributed by atoms with Crippen LogP contribution in [0.3, 0.4) is 0 Å². The van der Waals surface area contributed by atoms with Crippen molar-refractivity contribution in [1.82, 2.24) is 4.90 Å². The third-order valence-electron chi connectivity index (χ3n) is 3.22. The molecule has 1 heterocycles.